The maximum Gasteiger partial charge on any atom is 0.221 e. The second kappa shape index (κ2) is 10.2. The zero-order valence-corrected chi connectivity index (χ0v) is 17.8. The normalized spacial score (nSPS) is 12.8. The van der Waals surface area contributed by atoms with Gasteiger partial charge in [0.2, 0.25) is 5.91 Å². The zero-order chi connectivity index (χ0) is 21.5. The molecule has 0 spiro atoms. The second-order valence-electron chi connectivity index (χ2n) is 7.19. The predicted molar refractivity (Wildman–Crippen MR) is 120 cm³/mol. The first-order chi connectivity index (χ1) is 14.4. The third-order valence-corrected chi connectivity index (χ3v) is 5.08. The number of aryl methyl sites for hydroxylation is 1. The minimum atomic E-state index is -0.583. The summed E-state index contributed by atoms with van der Waals surface area (Å²) in [5, 5.41) is 13.7. The Kier molecular flexibility index (Phi) is 7.44. The van der Waals surface area contributed by atoms with E-state index in [-0.39, 0.29) is 12.0 Å². The number of amides is 1. The van der Waals surface area contributed by atoms with Gasteiger partial charge in [0.25, 0.3) is 0 Å². The third kappa shape index (κ3) is 6.05. The molecule has 156 valence electrons. The quantitative estimate of drug-likeness (QED) is 0.526. The van der Waals surface area contributed by atoms with Crippen LogP contribution in [0, 0.1) is 0 Å². The van der Waals surface area contributed by atoms with Crippen LogP contribution in [-0.2, 0) is 11.2 Å². The number of nitrogens with one attached hydrogen (secondary N) is 1. The van der Waals surface area contributed by atoms with Gasteiger partial charge in [-0.2, -0.15) is 0 Å². The number of hydrogen-bond donors (Lipinski definition) is 2. The Balaban J connectivity index is 1.59. The van der Waals surface area contributed by atoms with Gasteiger partial charge in [0, 0.05) is 30.6 Å². The number of rotatable bonds is 8. The van der Waals surface area contributed by atoms with Crippen molar-refractivity contribution in [1.82, 2.24) is 4.98 Å². The number of aromatic nitrogens is 1. The average molecular weight is 425 g/mol. The van der Waals surface area contributed by atoms with E-state index in [9.17, 15) is 9.90 Å². The summed E-state index contributed by atoms with van der Waals surface area (Å²) in [7, 11) is 0. The van der Waals surface area contributed by atoms with Gasteiger partial charge in [-0.25, -0.2) is 0 Å². The maximum absolute atomic E-state index is 11.2. The molecule has 0 saturated carbocycles. The molecule has 0 radical (unpaired) electrons. The highest BCUT2D eigenvalue weighted by Crippen LogP contribution is 2.31. The monoisotopic (exact) mass is 424 g/mol. The topological polar surface area (TPSA) is 71.5 Å². The van der Waals surface area contributed by atoms with Gasteiger partial charge in [-0.05, 0) is 61.2 Å². The van der Waals surface area contributed by atoms with Crippen LogP contribution in [-0.4, -0.2) is 28.2 Å². The average Bonchev–Trinajstić information content (AvgIpc) is 2.73. The van der Waals surface area contributed by atoms with Gasteiger partial charge in [0.1, 0.15) is 11.9 Å². The number of anilines is 1. The molecule has 5 nitrogen and oxygen atoms in total. The van der Waals surface area contributed by atoms with Crippen molar-refractivity contribution >= 4 is 23.2 Å². The Labute approximate surface area is 181 Å². The lowest BCUT2D eigenvalue weighted by Gasteiger charge is -2.21. The first-order valence-electron chi connectivity index (χ1n) is 9.83. The van der Waals surface area contributed by atoms with E-state index in [0.29, 0.717) is 22.9 Å². The third-order valence-electron chi connectivity index (χ3n) is 4.77. The van der Waals surface area contributed by atoms with Crippen molar-refractivity contribution in [2.24, 2.45) is 0 Å². The Bertz CT molecular complexity index is 978. The molecule has 3 aromatic rings. The van der Waals surface area contributed by atoms with Crippen molar-refractivity contribution in [3.05, 3.63) is 77.6 Å². The predicted octanol–water partition coefficient (Wildman–Crippen LogP) is 5.12. The van der Waals surface area contributed by atoms with Crippen LogP contribution in [0.15, 0.2) is 67.0 Å². The van der Waals surface area contributed by atoms with Crippen molar-refractivity contribution in [1.29, 1.82) is 0 Å². The summed E-state index contributed by atoms with van der Waals surface area (Å²) in [4.78, 5) is 15.3. The number of hydrogen-bond acceptors (Lipinski definition) is 4. The molecule has 1 amide bonds. The lowest BCUT2D eigenvalue weighted by molar-refractivity contribution is -0.114. The molecular formula is C24H25ClN2O3. The number of aliphatic hydroxyl groups is 1. The maximum atomic E-state index is 11.2. The van der Waals surface area contributed by atoms with E-state index in [4.69, 9.17) is 16.3 Å². The van der Waals surface area contributed by atoms with E-state index in [0.717, 1.165) is 23.1 Å². The minimum Gasteiger partial charge on any atom is -0.488 e. The highest BCUT2D eigenvalue weighted by Gasteiger charge is 2.16. The highest BCUT2D eigenvalue weighted by atomic mass is 35.5. The SMILES string of the molecule is CC(=O)Nc1ccc(-c2ccc(OC(C)C(O)CCc3cccnc3)cc2)c(Cl)c1. The molecule has 0 saturated heterocycles. The number of aliphatic hydroxyl groups excluding tert-OH is 1. The largest absolute Gasteiger partial charge is 0.488 e. The Morgan fingerprint density at radius 1 is 1.20 bits per heavy atom. The smallest absolute Gasteiger partial charge is 0.221 e. The van der Waals surface area contributed by atoms with Crippen LogP contribution < -0.4 is 10.1 Å². The van der Waals surface area contributed by atoms with Crippen LogP contribution in [0.2, 0.25) is 5.02 Å². The lowest BCUT2D eigenvalue weighted by Crippen LogP contribution is -2.29. The van der Waals surface area contributed by atoms with E-state index >= 15 is 0 Å². The minimum absolute atomic E-state index is 0.142. The number of carbonyl (C=O) groups excluding carboxylic acids is 1. The van der Waals surface area contributed by atoms with Crippen molar-refractivity contribution in [3.63, 3.8) is 0 Å². The molecule has 2 unspecified atom stereocenters. The standard InChI is InChI=1S/C24H25ClN2O3/c1-16(24(29)12-5-18-4-3-13-26-15-18)30-21-9-6-19(7-10-21)22-11-8-20(14-23(22)25)27-17(2)28/h3-4,6-11,13-16,24,29H,5,12H2,1-2H3,(H,27,28). The van der Waals surface area contributed by atoms with Crippen LogP contribution in [0.4, 0.5) is 5.69 Å². The van der Waals surface area contributed by atoms with Gasteiger partial charge in [-0.3, -0.25) is 9.78 Å². The van der Waals surface area contributed by atoms with Crippen LogP contribution >= 0.6 is 11.6 Å². The number of benzene rings is 2. The molecule has 6 heteroatoms. The van der Waals surface area contributed by atoms with Crippen LogP contribution in [0.25, 0.3) is 11.1 Å². The molecule has 0 bridgehead atoms. The number of nitrogens with zero attached hydrogens (tertiary/aromatic N) is 1. The molecule has 1 aromatic heterocycles. The van der Waals surface area contributed by atoms with Gasteiger partial charge in [0.15, 0.2) is 0 Å². The Hall–Kier alpha value is -2.89. The fourth-order valence-corrected chi connectivity index (χ4v) is 3.42. The van der Waals surface area contributed by atoms with Gasteiger partial charge in [0.05, 0.1) is 11.1 Å². The fraction of sp³-hybridized carbons (Fsp3) is 0.250. The highest BCUT2D eigenvalue weighted by molar-refractivity contribution is 6.33. The number of ether oxygens (including phenoxy) is 1. The summed E-state index contributed by atoms with van der Waals surface area (Å²) < 4.78 is 5.90. The van der Waals surface area contributed by atoms with Crippen molar-refractivity contribution in [2.75, 3.05) is 5.32 Å². The van der Waals surface area contributed by atoms with Crippen LogP contribution in [0.3, 0.4) is 0 Å². The van der Waals surface area contributed by atoms with Crippen molar-refractivity contribution in [2.45, 2.75) is 38.9 Å². The van der Waals surface area contributed by atoms with E-state index in [1.165, 1.54) is 6.92 Å². The number of halogens is 1. The summed E-state index contributed by atoms with van der Waals surface area (Å²) >= 11 is 6.38. The van der Waals surface area contributed by atoms with E-state index in [1.54, 1.807) is 12.3 Å². The lowest BCUT2D eigenvalue weighted by atomic mass is 10.0. The molecule has 1 heterocycles. The van der Waals surface area contributed by atoms with Gasteiger partial charge >= 0.3 is 0 Å². The molecular weight excluding hydrogens is 400 g/mol. The van der Waals surface area contributed by atoms with E-state index in [1.807, 2.05) is 61.7 Å². The molecule has 0 fully saturated rings. The van der Waals surface area contributed by atoms with Crippen LogP contribution in [0.1, 0.15) is 25.8 Å². The molecule has 2 aromatic carbocycles. The first-order valence-corrected chi connectivity index (χ1v) is 10.2. The van der Waals surface area contributed by atoms with Crippen LogP contribution in [0.5, 0.6) is 5.75 Å². The first kappa shape index (κ1) is 21.8. The molecule has 3 rings (SSSR count). The molecule has 2 atom stereocenters. The summed E-state index contributed by atoms with van der Waals surface area (Å²) in [5.41, 5.74) is 3.55. The summed E-state index contributed by atoms with van der Waals surface area (Å²) in [5.74, 6) is 0.537. The van der Waals surface area contributed by atoms with E-state index in [2.05, 4.69) is 10.3 Å². The number of carbonyl (C=O) groups is 1. The fourth-order valence-electron chi connectivity index (χ4n) is 3.13. The molecule has 0 aliphatic rings. The number of pyridine rings is 1. The zero-order valence-electron chi connectivity index (χ0n) is 17.0. The van der Waals surface area contributed by atoms with Crippen molar-refractivity contribution < 1.29 is 14.6 Å². The molecule has 0 aliphatic carbocycles. The van der Waals surface area contributed by atoms with Gasteiger partial charge in [-0.1, -0.05) is 35.9 Å². The Morgan fingerprint density at radius 2 is 1.97 bits per heavy atom. The Morgan fingerprint density at radius 3 is 2.60 bits per heavy atom. The van der Waals surface area contributed by atoms with Gasteiger partial charge < -0.3 is 15.2 Å². The molecule has 2 N–H and O–H groups in total. The summed E-state index contributed by atoms with van der Waals surface area (Å²) in [6.07, 6.45) is 3.97. The van der Waals surface area contributed by atoms with Crippen molar-refractivity contribution in [3.8, 4) is 16.9 Å². The van der Waals surface area contributed by atoms with E-state index < -0.39 is 6.10 Å². The molecule has 0 aliphatic heterocycles. The molecule has 30 heavy (non-hydrogen) atoms. The van der Waals surface area contributed by atoms with Gasteiger partial charge in [-0.15, -0.1) is 0 Å². The summed E-state index contributed by atoms with van der Waals surface area (Å²) in [6, 6.07) is 16.9. The summed E-state index contributed by atoms with van der Waals surface area (Å²) in [6.45, 7) is 3.32. The second-order valence-corrected chi connectivity index (χ2v) is 7.60.